The van der Waals surface area contributed by atoms with Gasteiger partial charge in [0.25, 0.3) is 0 Å². The molecule has 3 aliphatic carbocycles. The van der Waals surface area contributed by atoms with E-state index in [9.17, 15) is 5.11 Å². The van der Waals surface area contributed by atoms with Gasteiger partial charge in [-0.2, -0.15) is 0 Å². The summed E-state index contributed by atoms with van der Waals surface area (Å²) in [5.41, 5.74) is 10.1. The van der Waals surface area contributed by atoms with Crippen LogP contribution < -0.4 is 5.73 Å². The van der Waals surface area contributed by atoms with E-state index in [1.807, 2.05) is 0 Å². The van der Waals surface area contributed by atoms with Crippen molar-refractivity contribution < 1.29 is 5.11 Å². The monoisotopic (exact) mass is 271 g/mol. The van der Waals surface area contributed by atoms with Crippen molar-refractivity contribution in [2.45, 2.75) is 57.5 Å². The van der Waals surface area contributed by atoms with Crippen molar-refractivity contribution in [1.82, 2.24) is 0 Å². The maximum absolute atomic E-state index is 10.4. The number of nitrogens with two attached hydrogens (primary N) is 1. The molecule has 20 heavy (non-hydrogen) atoms. The third-order valence-electron chi connectivity index (χ3n) is 6.70. The van der Waals surface area contributed by atoms with Gasteiger partial charge in [-0.1, -0.05) is 13.0 Å². The van der Waals surface area contributed by atoms with E-state index < -0.39 is 0 Å². The Balaban J connectivity index is 1.71. The van der Waals surface area contributed by atoms with Crippen molar-refractivity contribution in [3.63, 3.8) is 0 Å². The molecule has 0 bridgehead atoms. The van der Waals surface area contributed by atoms with Gasteiger partial charge in [-0.25, -0.2) is 0 Å². The predicted molar refractivity (Wildman–Crippen MR) is 81.5 cm³/mol. The molecule has 2 nitrogen and oxygen atoms in total. The molecule has 0 spiro atoms. The minimum atomic E-state index is -0.0683. The van der Waals surface area contributed by atoms with E-state index in [4.69, 9.17) is 5.73 Å². The molecule has 1 aromatic rings. The van der Waals surface area contributed by atoms with Gasteiger partial charge in [-0.3, -0.25) is 0 Å². The molecule has 0 saturated heterocycles. The van der Waals surface area contributed by atoms with E-state index in [-0.39, 0.29) is 11.5 Å². The van der Waals surface area contributed by atoms with Crippen molar-refractivity contribution in [1.29, 1.82) is 0 Å². The standard InChI is InChI=1S/C18H25NO/c1-18-9-8-14-13-5-3-12(19)10-11(13)2-4-15(14)16(18)6-7-17(18)20/h3,5,10,14-17,20H,2,4,6-9,19H2,1H3/t14?,15?,16?,17?,18-/m1/s1. The molecule has 3 N–H and O–H groups in total. The van der Waals surface area contributed by atoms with Crippen LogP contribution in [0.5, 0.6) is 0 Å². The van der Waals surface area contributed by atoms with E-state index in [0.717, 1.165) is 23.9 Å². The number of hydrogen-bond acceptors (Lipinski definition) is 2. The Bertz CT molecular complexity index is 540. The number of hydrogen-bond donors (Lipinski definition) is 2. The largest absolute Gasteiger partial charge is 0.399 e. The molecule has 0 aliphatic heterocycles. The minimum absolute atomic E-state index is 0.0683. The topological polar surface area (TPSA) is 46.2 Å². The lowest BCUT2D eigenvalue weighted by atomic mass is 9.55. The number of aryl methyl sites for hydroxylation is 1. The van der Waals surface area contributed by atoms with Gasteiger partial charge < -0.3 is 10.8 Å². The zero-order valence-corrected chi connectivity index (χ0v) is 12.3. The lowest BCUT2D eigenvalue weighted by molar-refractivity contribution is -0.0226. The highest BCUT2D eigenvalue weighted by atomic mass is 16.3. The van der Waals surface area contributed by atoms with Crippen LogP contribution in [0.25, 0.3) is 0 Å². The molecule has 0 aromatic heterocycles. The number of aliphatic hydroxyl groups is 1. The van der Waals surface area contributed by atoms with E-state index >= 15 is 0 Å². The molecule has 0 heterocycles. The molecule has 108 valence electrons. The minimum Gasteiger partial charge on any atom is -0.399 e. The van der Waals surface area contributed by atoms with Crippen molar-refractivity contribution in [3.8, 4) is 0 Å². The van der Waals surface area contributed by atoms with E-state index in [1.165, 1.54) is 37.7 Å². The van der Waals surface area contributed by atoms with Gasteiger partial charge in [0.1, 0.15) is 0 Å². The first-order chi connectivity index (χ1) is 9.59. The number of rotatable bonds is 0. The fourth-order valence-electron chi connectivity index (χ4n) is 5.57. The summed E-state index contributed by atoms with van der Waals surface area (Å²) in [6, 6.07) is 6.52. The van der Waals surface area contributed by atoms with Crippen molar-refractivity contribution >= 4 is 5.69 Å². The molecule has 0 radical (unpaired) electrons. The summed E-state index contributed by atoms with van der Waals surface area (Å²) in [4.78, 5) is 0. The molecule has 2 fully saturated rings. The highest BCUT2D eigenvalue weighted by Crippen LogP contribution is 2.60. The lowest BCUT2D eigenvalue weighted by Gasteiger charge is -2.50. The van der Waals surface area contributed by atoms with Crippen LogP contribution in [0.3, 0.4) is 0 Å². The summed E-state index contributed by atoms with van der Waals surface area (Å²) in [6.07, 6.45) is 7.05. The Kier molecular flexibility index (Phi) is 2.69. The second kappa shape index (κ2) is 4.24. The van der Waals surface area contributed by atoms with Crippen molar-refractivity contribution in [3.05, 3.63) is 29.3 Å². The fourth-order valence-corrected chi connectivity index (χ4v) is 5.57. The van der Waals surface area contributed by atoms with Crippen LogP contribution in [0.2, 0.25) is 0 Å². The lowest BCUT2D eigenvalue weighted by Crippen LogP contribution is -2.43. The van der Waals surface area contributed by atoms with Gasteiger partial charge in [0, 0.05) is 5.69 Å². The first kappa shape index (κ1) is 12.7. The summed E-state index contributed by atoms with van der Waals surface area (Å²) in [6.45, 7) is 2.34. The van der Waals surface area contributed by atoms with Crippen LogP contribution in [-0.2, 0) is 6.42 Å². The maximum Gasteiger partial charge on any atom is 0.0596 e. The Morgan fingerprint density at radius 2 is 2.05 bits per heavy atom. The highest BCUT2D eigenvalue weighted by Gasteiger charge is 2.54. The first-order valence-corrected chi connectivity index (χ1v) is 8.16. The van der Waals surface area contributed by atoms with Crippen LogP contribution in [0.4, 0.5) is 5.69 Å². The van der Waals surface area contributed by atoms with Crippen LogP contribution >= 0.6 is 0 Å². The van der Waals surface area contributed by atoms with Gasteiger partial charge in [-0.15, -0.1) is 0 Å². The number of aliphatic hydroxyl groups excluding tert-OH is 1. The predicted octanol–water partition coefficient (Wildman–Crippen LogP) is 3.49. The van der Waals surface area contributed by atoms with Crippen molar-refractivity contribution in [2.24, 2.45) is 17.3 Å². The Morgan fingerprint density at radius 1 is 1.20 bits per heavy atom. The van der Waals surface area contributed by atoms with Gasteiger partial charge in [0.05, 0.1) is 6.10 Å². The first-order valence-electron chi connectivity index (χ1n) is 8.16. The van der Waals surface area contributed by atoms with Crippen LogP contribution in [-0.4, -0.2) is 11.2 Å². The molecule has 2 heteroatoms. The molecule has 5 atom stereocenters. The SMILES string of the molecule is C[C@@]12CCC3c4ccc(N)cc4CCC3C1CCC2O. The van der Waals surface area contributed by atoms with Crippen LogP contribution in [0.15, 0.2) is 18.2 Å². The summed E-state index contributed by atoms with van der Waals surface area (Å²) < 4.78 is 0. The number of nitrogen functional groups attached to an aromatic ring is 1. The second-order valence-electron chi connectivity index (χ2n) is 7.51. The summed E-state index contributed by atoms with van der Waals surface area (Å²) in [5, 5.41) is 10.4. The molecule has 4 unspecified atom stereocenters. The van der Waals surface area contributed by atoms with Crippen molar-refractivity contribution in [2.75, 3.05) is 5.73 Å². The van der Waals surface area contributed by atoms with Gasteiger partial charge >= 0.3 is 0 Å². The quantitative estimate of drug-likeness (QED) is 0.710. The average molecular weight is 271 g/mol. The van der Waals surface area contributed by atoms with E-state index in [0.29, 0.717) is 5.92 Å². The Morgan fingerprint density at radius 3 is 2.90 bits per heavy atom. The highest BCUT2D eigenvalue weighted by molar-refractivity contribution is 5.47. The van der Waals surface area contributed by atoms with Gasteiger partial charge in [0.15, 0.2) is 0 Å². The molecule has 2 saturated carbocycles. The fraction of sp³-hybridized carbons (Fsp3) is 0.667. The number of anilines is 1. The number of fused-ring (bicyclic) bond motifs is 5. The molecule has 3 aliphatic rings. The molecular formula is C18H25NO. The summed E-state index contributed by atoms with van der Waals surface area (Å²) in [5.74, 6) is 2.21. The smallest absolute Gasteiger partial charge is 0.0596 e. The summed E-state index contributed by atoms with van der Waals surface area (Å²) >= 11 is 0. The summed E-state index contributed by atoms with van der Waals surface area (Å²) in [7, 11) is 0. The average Bonchev–Trinajstić information content (AvgIpc) is 2.74. The number of benzene rings is 1. The molecule has 1 aromatic carbocycles. The zero-order chi connectivity index (χ0) is 13.9. The molecular weight excluding hydrogens is 246 g/mol. The Labute approximate surface area is 121 Å². The van der Waals surface area contributed by atoms with Gasteiger partial charge in [0.2, 0.25) is 0 Å². The zero-order valence-electron chi connectivity index (χ0n) is 12.3. The molecule has 0 amide bonds. The third-order valence-corrected chi connectivity index (χ3v) is 6.70. The third kappa shape index (κ3) is 1.60. The van der Waals surface area contributed by atoms with Crippen LogP contribution in [0.1, 0.15) is 56.1 Å². The Hall–Kier alpha value is -1.02. The normalized spacial score (nSPS) is 42.7. The molecule has 4 rings (SSSR count). The van der Waals surface area contributed by atoms with Crippen LogP contribution in [0, 0.1) is 17.3 Å². The van der Waals surface area contributed by atoms with E-state index in [1.54, 1.807) is 5.56 Å². The maximum atomic E-state index is 10.4. The second-order valence-corrected chi connectivity index (χ2v) is 7.51. The van der Waals surface area contributed by atoms with Gasteiger partial charge in [-0.05, 0) is 85.0 Å². The van der Waals surface area contributed by atoms with E-state index in [2.05, 4.69) is 25.1 Å².